The lowest BCUT2D eigenvalue weighted by Crippen LogP contribution is -2.48. The van der Waals surface area contributed by atoms with Crippen LogP contribution in [0.4, 0.5) is 0 Å². The van der Waals surface area contributed by atoms with Crippen LogP contribution in [0, 0.1) is 5.92 Å². The van der Waals surface area contributed by atoms with Crippen LogP contribution in [0.3, 0.4) is 0 Å². The smallest absolute Gasteiger partial charge is 0.0468 e. The maximum Gasteiger partial charge on any atom is 0.0468 e. The molecule has 1 aromatic carbocycles. The van der Waals surface area contributed by atoms with E-state index in [-0.39, 0.29) is 24.8 Å². The Morgan fingerprint density at radius 3 is 2.10 bits per heavy atom. The van der Waals surface area contributed by atoms with Gasteiger partial charge in [-0.15, -0.1) is 24.8 Å². The normalized spacial score (nSPS) is 20.9. The summed E-state index contributed by atoms with van der Waals surface area (Å²) in [6.45, 7) is 4.29. The topological polar surface area (TPSA) is 15.3 Å². The van der Waals surface area contributed by atoms with Crippen LogP contribution in [0.25, 0.3) is 0 Å². The van der Waals surface area contributed by atoms with E-state index in [2.05, 4.69) is 10.2 Å². The molecule has 21 heavy (non-hydrogen) atoms. The first-order valence-electron chi connectivity index (χ1n) is 7.16. The minimum Gasteiger partial charge on any atom is -0.314 e. The number of hydrogen-bond acceptors (Lipinski definition) is 2. The van der Waals surface area contributed by atoms with E-state index >= 15 is 0 Å². The van der Waals surface area contributed by atoms with Crippen LogP contribution in [0.15, 0.2) is 18.2 Å². The van der Waals surface area contributed by atoms with Crippen LogP contribution in [0.5, 0.6) is 0 Å². The summed E-state index contributed by atoms with van der Waals surface area (Å²) in [4.78, 5) is 2.56. The molecule has 0 spiro atoms. The van der Waals surface area contributed by atoms with Gasteiger partial charge < -0.3 is 5.32 Å². The van der Waals surface area contributed by atoms with Crippen LogP contribution in [-0.2, 0) is 0 Å². The van der Waals surface area contributed by atoms with Gasteiger partial charge in [0, 0.05) is 47.8 Å². The first-order valence-corrected chi connectivity index (χ1v) is 7.91. The molecule has 0 bridgehead atoms. The fourth-order valence-corrected chi connectivity index (χ4v) is 3.85. The summed E-state index contributed by atoms with van der Waals surface area (Å²) in [5.41, 5.74) is 1.15. The SMILES string of the molecule is Cl.Cl.Clc1cccc(Cl)c1[C@@H](C1CCC1)N1CCNCC1. The van der Waals surface area contributed by atoms with Gasteiger partial charge in [0.1, 0.15) is 0 Å². The third kappa shape index (κ3) is 4.19. The van der Waals surface area contributed by atoms with E-state index in [0.717, 1.165) is 47.7 Å². The van der Waals surface area contributed by atoms with E-state index in [0.29, 0.717) is 6.04 Å². The Hall–Kier alpha value is 0.300. The summed E-state index contributed by atoms with van der Waals surface area (Å²) in [6.07, 6.45) is 3.95. The highest BCUT2D eigenvalue weighted by molar-refractivity contribution is 6.36. The average molecular weight is 372 g/mol. The second-order valence-corrected chi connectivity index (χ2v) is 6.37. The van der Waals surface area contributed by atoms with E-state index in [1.54, 1.807) is 0 Å². The molecule has 1 saturated heterocycles. The lowest BCUT2D eigenvalue weighted by atomic mass is 9.76. The second kappa shape index (κ2) is 8.81. The van der Waals surface area contributed by atoms with Gasteiger partial charge in [-0.1, -0.05) is 35.7 Å². The summed E-state index contributed by atoms with van der Waals surface area (Å²) in [7, 11) is 0. The van der Waals surface area contributed by atoms with Gasteiger partial charge in [0.25, 0.3) is 0 Å². The Labute approximate surface area is 149 Å². The molecular formula is C15H22Cl4N2. The van der Waals surface area contributed by atoms with Gasteiger partial charge >= 0.3 is 0 Å². The number of rotatable bonds is 3. The van der Waals surface area contributed by atoms with Gasteiger partial charge in [-0.25, -0.2) is 0 Å². The van der Waals surface area contributed by atoms with Crippen molar-refractivity contribution in [1.82, 2.24) is 10.2 Å². The first-order chi connectivity index (χ1) is 9.27. The fraction of sp³-hybridized carbons (Fsp3) is 0.600. The van der Waals surface area contributed by atoms with Crippen molar-refractivity contribution in [2.45, 2.75) is 25.3 Å². The van der Waals surface area contributed by atoms with Gasteiger partial charge in [-0.2, -0.15) is 0 Å². The largest absolute Gasteiger partial charge is 0.314 e. The molecule has 0 radical (unpaired) electrons. The standard InChI is InChI=1S/C15H20Cl2N2.2ClH/c16-12-5-2-6-13(17)14(12)15(11-3-1-4-11)19-9-7-18-8-10-19;;/h2,5-6,11,15,18H,1,3-4,7-10H2;2*1H/t15-;;/m1../s1. The molecule has 6 heteroatoms. The first kappa shape index (κ1) is 19.3. The molecule has 0 amide bonds. The number of hydrogen-bond donors (Lipinski definition) is 1. The van der Waals surface area contributed by atoms with Gasteiger partial charge in [-0.05, 0) is 30.9 Å². The van der Waals surface area contributed by atoms with Crippen LogP contribution < -0.4 is 5.32 Å². The lowest BCUT2D eigenvalue weighted by Gasteiger charge is -2.43. The third-order valence-electron chi connectivity index (χ3n) is 4.44. The molecule has 1 aromatic rings. The Kier molecular flexibility index (Phi) is 8.11. The fourth-order valence-electron chi connectivity index (χ4n) is 3.23. The monoisotopic (exact) mass is 370 g/mol. The average Bonchev–Trinajstić information content (AvgIpc) is 2.36. The minimum absolute atomic E-state index is 0. The third-order valence-corrected chi connectivity index (χ3v) is 5.10. The molecule has 0 aromatic heterocycles. The van der Waals surface area contributed by atoms with Crippen LogP contribution in [0.1, 0.15) is 30.9 Å². The van der Waals surface area contributed by atoms with E-state index < -0.39 is 0 Å². The Bertz CT molecular complexity index is 425. The molecule has 1 N–H and O–H groups in total. The molecule has 1 aliphatic heterocycles. The summed E-state index contributed by atoms with van der Waals surface area (Å²) in [5.74, 6) is 0.718. The number of nitrogens with zero attached hydrogens (tertiary/aromatic N) is 1. The molecule has 120 valence electrons. The second-order valence-electron chi connectivity index (χ2n) is 5.56. The zero-order valence-electron chi connectivity index (χ0n) is 11.9. The zero-order chi connectivity index (χ0) is 13.2. The number of nitrogens with one attached hydrogen (secondary N) is 1. The molecule has 3 rings (SSSR count). The van der Waals surface area contributed by atoms with Crippen molar-refractivity contribution in [3.63, 3.8) is 0 Å². The summed E-state index contributed by atoms with van der Waals surface area (Å²) < 4.78 is 0. The molecule has 1 heterocycles. The van der Waals surface area contributed by atoms with Crippen molar-refractivity contribution in [2.24, 2.45) is 5.92 Å². The molecule has 1 atom stereocenters. The van der Waals surface area contributed by atoms with E-state index in [1.807, 2.05) is 18.2 Å². The van der Waals surface area contributed by atoms with E-state index in [9.17, 15) is 0 Å². The summed E-state index contributed by atoms with van der Waals surface area (Å²) >= 11 is 12.9. The molecule has 2 nitrogen and oxygen atoms in total. The van der Waals surface area contributed by atoms with Gasteiger partial charge in [0.2, 0.25) is 0 Å². The molecule has 1 aliphatic carbocycles. The minimum atomic E-state index is 0. The predicted octanol–water partition coefficient (Wildman–Crippen LogP) is 4.58. The maximum absolute atomic E-state index is 6.44. The number of benzene rings is 1. The highest BCUT2D eigenvalue weighted by Crippen LogP contribution is 2.45. The van der Waals surface area contributed by atoms with Crippen molar-refractivity contribution in [3.8, 4) is 0 Å². The van der Waals surface area contributed by atoms with Crippen molar-refractivity contribution >= 4 is 48.0 Å². The molecule has 0 unspecified atom stereocenters. The van der Waals surface area contributed by atoms with Crippen molar-refractivity contribution in [2.75, 3.05) is 26.2 Å². The quantitative estimate of drug-likeness (QED) is 0.836. The zero-order valence-corrected chi connectivity index (χ0v) is 15.0. The Balaban J connectivity index is 0.00000110. The van der Waals surface area contributed by atoms with Gasteiger partial charge in [0.15, 0.2) is 0 Å². The van der Waals surface area contributed by atoms with Crippen molar-refractivity contribution < 1.29 is 0 Å². The number of halogens is 4. The molecular weight excluding hydrogens is 350 g/mol. The van der Waals surface area contributed by atoms with Gasteiger partial charge in [0.05, 0.1) is 0 Å². The molecule has 1 saturated carbocycles. The maximum atomic E-state index is 6.44. The van der Waals surface area contributed by atoms with E-state index in [1.165, 1.54) is 19.3 Å². The van der Waals surface area contributed by atoms with E-state index in [4.69, 9.17) is 23.2 Å². The van der Waals surface area contributed by atoms with Crippen LogP contribution in [0.2, 0.25) is 10.0 Å². The summed E-state index contributed by atoms with van der Waals surface area (Å²) in [5, 5.41) is 5.06. The lowest BCUT2D eigenvalue weighted by molar-refractivity contribution is 0.0838. The summed E-state index contributed by atoms with van der Waals surface area (Å²) in [6, 6.07) is 6.27. The van der Waals surface area contributed by atoms with Crippen LogP contribution in [-0.4, -0.2) is 31.1 Å². The van der Waals surface area contributed by atoms with Crippen LogP contribution >= 0.6 is 48.0 Å². The Morgan fingerprint density at radius 2 is 1.62 bits per heavy atom. The highest BCUT2D eigenvalue weighted by atomic mass is 35.5. The van der Waals surface area contributed by atoms with Crippen molar-refractivity contribution in [1.29, 1.82) is 0 Å². The molecule has 2 aliphatic rings. The number of piperazine rings is 1. The predicted molar refractivity (Wildman–Crippen MR) is 95.5 cm³/mol. The molecule has 2 fully saturated rings. The van der Waals surface area contributed by atoms with Gasteiger partial charge in [-0.3, -0.25) is 4.90 Å². The highest BCUT2D eigenvalue weighted by Gasteiger charge is 2.35. The Morgan fingerprint density at radius 1 is 1.05 bits per heavy atom. The van der Waals surface area contributed by atoms with Crippen molar-refractivity contribution in [3.05, 3.63) is 33.8 Å².